The van der Waals surface area contributed by atoms with E-state index in [9.17, 15) is 9.18 Å². The molecule has 3 nitrogen and oxygen atoms in total. The Morgan fingerprint density at radius 1 is 1.20 bits per heavy atom. The number of hydrogen-bond acceptors (Lipinski definition) is 2. The Labute approximate surface area is 121 Å². The van der Waals surface area contributed by atoms with Gasteiger partial charge in [0.15, 0.2) is 0 Å². The van der Waals surface area contributed by atoms with Crippen molar-refractivity contribution in [3.8, 4) is 0 Å². The molecule has 1 rings (SSSR count). The number of unbranched alkanes of at least 4 members (excludes halogenated alkanes) is 2. The van der Waals surface area contributed by atoms with E-state index in [0.29, 0.717) is 29.9 Å². The lowest BCUT2D eigenvalue weighted by atomic mass is 10.1. The Kier molecular flexibility index (Phi) is 6.49. The monoisotopic (exact) mass is 280 g/mol. The van der Waals surface area contributed by atoms with E-state index in [4.69, 9.17) is 5.73 Å². The zero-order chi connectivity index (χ0) is 15.1. The van der Waals surface area contributed by atoms with Gasteiger partial charge in [-0.15, -0.1) is 0 Å². The minimum atomic E-state index is -0.417. The van der Waals surface area contributed by atoms with Crippen molar-refractivity contribution in [3.63, 3.8) is 0 Å². The molecule has 0 aromatic heterocycles. The Balaban J connectivity index is 2.92. The average Bonchev–Trinajstić information content (AvgIpc) is 2.43. The van der Waals surface area contributed by atoms with Crippen LogP contribution in [-0.2, 0) is 0 Å². The van der Waals surface area contributed by atoms with Crippen LogP contribution in [0.25, 0.3) is 0 Å². The van der Waals surface area contributed by atoms with E-state index in [-0.39, 0.29) is 5.91 Å². The summed E-state index contributed by atoms with van der Waals surface area (Å²) in [6.07, 6.45) is 3.97. The number of nitrogen functional groups attached to an aromatic ring is 1. The van der Waals surface area contributed by atoms with Gasteiger partial charge in [-0.1, -0.05) is 26.7 Å². The SMILES string of the molecule is CCCCN(CCCC)C(=O)c1cc(N)c(C)c(F)c1. The van der Waals surface area contributed by atoms with Crippen LogP contribution in [0.5, 0.6) is 0 Å². The minimum absolute atomic E-state index is 0.127. The number of benzene rings is 1. The van der Waals surface area contributed by atoms with Gasteiger partial charge in [0.2, 0.25) is 0 Å². The molecule has 112 valence electrons. The van der Waals surface area contributed by atoms with Crippen molar-refractivity contribution in [2.45, 2.75) is 46.5 Å². The number of hydrogen-bond donors (Lipinski definition) is 1. The second-order valence-corrected chi connectivity index (χ2v) is 5.17. The molecule has 0 fully saturated rings. The molecule has 1 aromatic rings. The molecular formula is C16H25FN2O. The highest BCUT2D eigenvalue weighted by Crippen LogP contribution is 2.19. The molecule has 0 heterocycles. The van der Waals surface area contributed by atoms with Crippen LogP contribution in [0, 0.1) is 12.7 Å². The Bertz CT molecular complexity index is 429. The van der Waals surface area contributed by atoms with Gasteiger partial charge in [0, 0.05) is 29.9 Å². The smallest absolute Gasteiger partial charge is 0.254 e. The predicted octanol–water partition coefficient (Wildman–Crippen LogP) is 3.76. The normalized spacial score (nSPS) is 10.6. The summed E-state index contributed by atoms with van der Waals surface area (Å²) in [5, 5.41) is 0. The molecule has 0 saturated heterocycles. The van der Waals surface area contributed by atoms with Gasteiger partial charge >= 0.3 is 0 Å². The lowest BCUT2D eigenvalue weighted by molar-refractivity contribution is 0.0750. The summed E-state index contributed by atoms with van der Waals surface area (Å²) >= 11 is 0. The third-order valence-corrected chi connectivity index (χ3v) is 3.48. The fourth-order valence-corrected chi connectivity index (χ4v) is 2.02. The number of amides is 1. The summed E-state index contributed by atoms with van der Waals surface area (Å²) in [6, 6.07) is 2.87. The van der Waals surface area contributed by atoms with Gasteiger partial charge in [0.25, 0.3) is 5.91 Å². The van der Waals surface area contributed by atoms with Gasteiger partial charge in [0.05, 0.1) is 0 Å². The van der Waals surface area contributed by atoms with Crippen LogP contribution in [0.1, 0.15) is 55.5 Å². The van der Waals surface area contributed by atoms with Crippen LogP contribution >= 0.6 is 0 Å². The van der Waals surface area contributed by atoms with Gasteiger partial charge in [-0.25, -0.2) is 4.39 Å². The van der Waals surface area contributed by atoms with Crippen molar-refractivity contribution in [1.82, 2.24) is 4.90 Å². The number of carbonyl (C=O) groups excluding carboxylic acids is 1. The van der Waals surface area contributed by atoms with Crippen molar-refractivity contribution in [2.75, 3.05) is 18.8 Å². The second-order valence-electron chi connectivity index (χ2n) is 5.17. The average molecular weight is 280 g/mol. The maximum atomic E-state index is 13.7. The highest BCUT2D eigenvalue weighted by molar-refractivity contribution is 5.95. The topological polar surface area (TPSA) is 46.3 Å². The van der Waals surface area contributed by atoms with E-state index in [0.717, 1.165) is 25.7 Å². The zero-order valence-corrected chi connectivity index (χ0v) is 12.7. The first-order chi connectivity index (χ1) is 9.51. The predicted molar refractivity (Wildman–Crippen MR) is 81.3 cm³/mol. The molecule has 0 aliphatic rings. The molecule has 1 amide bonds. The highest BCUT2D eigenvalue weighted by Gasteiger charge is 2.17. The molecule has 0 spiro atoms. The standard InChI is InChI=1S/C16H25FN2O/c1-4-6-8-19(9-7-5-2)16(20)13-10-14(17)12(3)15(18)11-13/h10-11H,4-9,18H2,1-3H3. The largest absolute Gasteiger partial charge is 0.398 e. The summed E-state index contributed by atoms with van der Waals surface area (Å²) in [5.74, 6) is -0.545. The van der Waals surface area contributed by atoms with Crippen LogP contribution in [0.4, 0.5) is 10.1 Å². The summed E-state index contributed by atoms with van der Waals surface area (Å²) in [6.45, 7) is 7.22. The van der Waals surface area contributed by atoms with Crippen LogP contribution < -0.4 is 5.73 Å². The van der Waals surface area contributed by atoms with Crippen LogP contribution in [0.2, 0.25) is 0 Å². The van der Waals surface area contributed by atoms with E-state index in [2.05, 4.69) is 13.8 Å². The van der Waals surface area contributed by atoms with Crippen molar-refractivity contribution in [1.29, 1.82) is 0 Å². The number of carbonyl (C=O) groups is 1. The van der Waals surface area contributed by atoms with Crippen LogP contribution in [0.15, 0.2) is 12.1 Å². The summed E-state index contributed by atoms with van der Waals surface area (Å²) in [7, 11) is 0. The number of nitrogens with zero attached hydrogens (tertiary/aromatic N) is 1. The molecule has 0 aliphatic heterocycles. The number of nitrogens with two attached hydrogens (primary N) is 1. The Morgan fingerprint density at radius 2 is 1.75 bits per heavy atom. The van der Waals surface area contributed by atoms with Gasteiger partial charge < -0.3 is 10.6 Å². The quantitative estimate of drug-likeness (QED) is 0.773. The third kappa shape index (κ3) is 4.22. The number of rotatable bonds is 7. The molecule has 0 bridgehead atoms. The van der Waals surface area contributed by atoms with Gasteiger partial charge in [-0.05, 0) is 31.9 Å². The first kappa shape index (κ1) is 16.5. The number of halogens is 1. The number of anilines is 1. The molecule has 0 aliphatic carbocycles. The van der Waals surface area contributed by atoms with E-state index < -0.39 is 5.82 Å². The van der Waals surface area contributed by atoms with E-state index in [1.54, 1.807) is 17.9 Å². The molecule has 0 radical (unpaired) electrons. The van der Waals surface area contributed by atoms with Crippen molar-refractivity contribution >= 4 is 11.6 Å². The molecule has 20 heavy (non-hydrogen) atoms. The molecule has 4 heteroatoms. The van der Waals surface area contributed by atoms with Crippen LogP contribution in [-0.4, -0.2) is 23.9 Å². The molecule has 0 saturated carbocycles. The maximum absolute atomic E-state index is 13.7. The third-order valence-electron chi connectivity index (χ3n) is 3.48. The molecular weight excluding hydrogens is 255 g/mol. The first-order valence-corrected chi connectivity index (χ1v) is 7.36. The van der Waals surface area contributed by atoms with Crippen LogP contribution in [0.3, 0.4) is 0 Å². The Hall–Kier alpha value is -1.58. The molecule has 0 atom stereocenters. The Morgan fingerprint density at radius 3 is 2.20 bits per heavy atom. The molecule has 2 N–H and O–H groups in total. The second kappa shape index (κ2) is 7.88. The van der Waals surface area contributed by atoms with Crippen molar-refractivity contribution in [2.24, 2.45) is 0 Å². The lowest BCUT2D eigenvalue weighted by Gasteiger charge is -2.23. The fraction of sp³-hybridized carbons (Fsp3) is 0.562. The lowest BCUT2D eigenvalue weighted by Crippen LogP contribution is -2.33. The zero-order valence-electron chi connectivity index (χ0n) is 12.7. The molecule has 0 unspecified atom stereocenters. The van der Waals surface area contributed by atoms with E-state index in [1.165, 1.54) is 6.07 Å². The van der Waals surface area contributed by atoms with Gasteiger partial charge in [-0.2, -0.15) is 0 Å². The summed E-state index contributed by atoms with van der Waals surface area (Å²) < 4.78 is 13.7. The van der Waals surface area contributed by atoms with Gasteiger partial charge in [-0.3, -0.25) is 4.79 Å². The maximum Gasteiger partial charge on any atom is 0.254 e. The van der Waals surface area contributed by atoms with E-state index >= 15 is 0 Å². The summed E-state index contributed by atoms with van der Waals surface area (Å²) in [4.78, 5) is 14.3. The van der Waals surface area contributed by atoms with Gasteiger partial charge in [0.1, 0.15) is 5.82 Å². The minimum Gasteiger partial charge on any atom is -0.398 e. The first-order valence-electron chi connectivity index (χ1n) is 7.36. The van der Waals surface area contributed by atoms with Crippen molar-refractivity contribution < 1.29 is 9.18 Å². The van der Waals surface area contributed by atoms with E-state index in [1.807, 2.05) is 0 Å². The summed E-state index contributed by atoms with van der Waals surface area (Å²) in [5.41, 5.74) is 6.83. The molecule has 1 aromatic carbocycles. The highest BCUT2D eigenvalue weighted by atomic mass is 19.1. The fourth-order valence-electron chi connectivity index (χ4n) is 2.02. The van der Waals surface area contributed by atoms with Crippen molar-refractivity contribution in [3.05, 3.63) is 29.1 Å².